The minimum atomic E-state index is -0.345. The number of aromatic nitrogens is 2. The first-order chi connectivity index (χ1) is 15.1. The Kier molecular flexibility index (Phi) is 6.25. The summed E-state index contributed by atoms with van der Waals surface area (Å²) in [6.45, 7) is 6.98. The van der Waals surface area contributed by atoms with Gasteiger partial charge >= 0.3 is 5.69 Å². The second-order valence-corrected chi connectivity index (χ2v) is 10.2. The molecule has 176 valence electrons. The molecule has 2 heterocycles. The van der Waals surface area contributed by atoms with E-state index in [0.717, 1.165) is 41.4 Å². The lowest BCUT2D eigenvalue weighted by Gasteiger charge is -2.52. The van der Waals surface area contributed by atoms with Crippen molar-refractivity contribution in [3.63, 3.8) is 0 Å². The molecule has 1 aromatic carbocycles. The molecule has 0 bridgehead atoms. The highest BCUT2D eigenvalue weighted by Crippen LogP contribution is 2.48. The number of nitrogens with one attached hydrogen (secondary N) is 1. The third kappa shape index (κ3) is 4.01. The molecule has 7 heteroatoms. The van der Waals surface area contributed by atoms with Gasteiger partial charge in [0.05, 0.1) is 29.8 Å². The highest BCUT2D eigenvalue weighted by molar-refractivity contribution is 5.78. The average Bonchev–Trinajstić information content (AvgIpc) is 2.94. The molecule has 0 radical (unpaired) electrons. The van der Waals surface area contributed by atoms with Crippen molar-refractivity contribution in [1.29, 1.82) is 0 Å². The molecule has 4 rings (SSSR count). The van der Waals surface area contributed by atoms with Gasteiger partial charge in [-0.15, -0.1) is 0 Å². The molecule has 1 aromatic heterocycles. The Morgan fingerprint density at radius 1 is 1.25 bits per heavy atom. The van der Waals surface area contributed by atoms with Crippen LogP contribution in [0.3, 0.4) is 0 Å². The Hall–Kier alpha value is -2.12. The number of rotatable bonds is 5. The van der Waals surface area contributed by atoms with E-state index in [2.05, 4.69) is 38.2 Å². The summed E-state index contributed by atoms with van der Waals surface area (Å²) in [6.07, 6.45) is 4.29. The van der Waals surface area contributed by atoms with Gasteiger partial charge in [-0.2, -0.15) is 0 Å². The van der Waals surface area contributed by atoms with Crippen LogP contribution in [0.15, 0.2) is 16.9 Å². The fourth-order valence-electron chi connectivity index (χ4n) is 5.92. The number of amides is 1. The van der Waals surface area contributed by atoms with Crippen LogP contribution in [-0.2, 0) is 28.4 Å². The predicted molar refractivity (Wildman–Crippen MR) is 125 cm³/mol. The Morgan fingerprint density at radius 3 is 2.62 bits per heavy atom. The molecule has 2 fully saturated rings. The van der Waals surface area contributed by atoms with E-state index in [9.17, 15) is 9.59 Å². The molecule has 1 aliphatic heterocycles. The molecule has 1 saturated heterocycles. The lowest BCUT2D eigenvalue weighted by atomic mass is 9.66. The minimum absolute atomic E-state index is 0.0301. The summed E-state index contributed by atoms with van der Waals surface area (Å²) in [5, 5.41) is 3.37. The molecule has 1 aliphatic carbocycles. The van der Waals surface area contributed by atoms with Gasteiger partial charge in [-0.1, -0.05) is 13.3 Å². The van der Waals surface area contributed by atoms with E-state index in [1.54, 1.807) is 16.2 Å². The van der Waals surface area contributed by atoms with Crippen LogP contribution in [0.2, 0.25) is 0 Å². The second kappa shape index (κ2) is 8.67. The van der Waals surface area contributed by atoms with Crippen molar-refractivity contribution >= 4 is 16.9 Å². The molecule has 1 amide bonds. The summed E-state index contributed by atoms with van der Waals surface area (Å²) >= 11 is 0. The number of carbonyl (C=O) groups excluding carboxylic acids is 1. The number of aryl methyl sites for hydroxylation is 3. The standard InChI is InChI=1S/C25H37N3O4/c1-15-7-8-18-21(11-15)32-22(14-25(18,3)26-23(29)9-10-31-6)17-13-20-19(12-16(17)2)27(4)24(30)28(20)5/h12-13,15,18,21-22H,7-11,14H2,1-6H3,(H,26,29)/t15-,18-,21-,22-,25-/m1/s1. The van der Waals surface area contributed by atoms with Gasteiger partial charge in [0.15, 0.2) is 0 Å². The zero-order valence-corrected chi connectivity index (χ0v) is 20.2. The third-order valence-electron chi connectivity index (χ3n) is 7.79. The van der Waals surface area contributed by atoms with Crippen molar-refractivity contribution in [2.75, 3.05) is 13.7 Å². The number of methoxy groups -OCH3 is 1. The summed E-state index contributed by atoms with van der Waals surface area (Å²) < 4.78 is 15.2. The van der Waals surface area contributed by atoms with E-state index in [4.69, 9.17) is 9.47 Å². The molecule has 32 heavy (non-hydrogen) atoms. The van der Waals surface area contributed by atoms with E-state index in [1.165, 1.54) is 0 Å². The van der Waals surface area contributed by atoms with E-state index >= 15 is 0 Å². The molecule has 0 spiro atoms. The first-order valence-corrected chi connectivity index (χ1v) is 11.8. The van der Waals surface area contributed by atoms with Crippen LogP contribution >= 0.6 is 0 Å². The van der Waals surface area contributed by atoms with Crippen molar-refractivity contribution in [3.05, 3.63) is 33.7 Å². The van der Waals surface area contributed by atoms with E-state index in [1.807, 2.05) is 14.1 Å². The summed E-state index contributed by atoms with van der Waals surface area (Å²) in [5.41, 5.74) is 3.67. The fraction of sp³-hybridized carbons (Fsp3) is 0.680. The van der Waals surface area contributed by atoms with Crippen molar-refractivity contribution in [1.82, 2.24) is 14.5 Å². The number of carbonyl (C=O) groups is 1. The highest BCUT2D eigenvalue weighted by atomic mass is 16.5. The number of hydrogen-bond acceptors (Lipinski definition) is 4. The van der Waals surface area contributed by atoms with Crippen LogP contribution in [0, 0.1) is 18.8 Å². The van der Waals surface area contributed by atoms with E-state index in [0.29, 0.717) is 31.3 Å². The molecule has 5 atom stereocenters. The molecule has 0 unspecified atom stereocenters. The molecule has 2 aliphatic rings. The number of benzene rings is 1. The molecular formula is C25H37N3O4. The Bertz CT molecular complexity index is 1070. The first-order valence-electron chi connectivity index (χ1n) is 11.8. The zero-order valence-electron chi connectivity index (χ0n) is 20.2. The lowest BCUT2D eigenvalue weighted by molar-refractivity contribution is -0.154. The number of ether oxygens (including phenoxy) is 2. The van der Waals surface area contributed by atoms with Gasteiger partial charge in [-0.3, -0.25) is 13.9 Å². The van der Waals surface area contributed by atoms with Crippen molar-refractivity contribution < 1.29 is 14.3 Å². The van der Waals surface area contributed by atoms with Gasteiger partial charge < -0.3 is 14.8 Å². The summed E-state index contributed by atoms with van der Waals surface area (Å²) in [6, 6.07) is 4.19. The molecule has 7 nitrogen and oxygen atoms in total. The monoisotopic (exact) mass is 443 g/mol. The summed E-state index contributed by atoms with van der Waals surface area (Å²) in [7, 11) is 5.24. The van der Waals surface area contributed by atoms with Crippen LogP contribution in [0.25, 0.3) is 11.0 Å². The minimum Gasteiger partial charge on any atom is -0.384 e. The van der Waals surface area contributed by atoms with Crippen molar-refractivity contribution in [2.45, 2.75) is 70.6 Å². The highest BCUT2D eigenvalue weighted by Gasteiger charge is 2.49. The van der Waals surface area contributed by atoms with Crippen LogP contribution in [-0.4, -0.2) is 40.4 Å². The normalized spacial score (nSPS) is 30.3. The topological polar surface area (TPSA) is 74.5 Å². The van der Waals surface area contributed by atoms with Gasteiger partial charge in [-0.05, 0) is 55.9 Å². The SMILES string of the molecule is COCCC(=O)N[C@]1(C)C[C@H](c2cc3c(cc2C)n(C)c(=O)n3C)O[C@@H]2C[C@H](C)CC[C@H]21. The number of nitrogens with zero attached hydrogens (tertiary/aromatic N) is 2. The van der Waals surface area contributed by atoms with Crippen LogP contribution in [0.5, 0.6) is 0 Å². The zero-order chi connectivity index (χ0) is 23.2. The smallest absolute Gasteiger partial charge is 0.328 e. The van der Waals surface area contributed by atoms with Crippen LogP contribution < -0.4 is 11.0 Å². The molecule has 1 saturated carbocycles. The largest absolute Gasteiger partial charge is 0.384 e. The van der Waals surface area contributed by atoms with Gasteiger partial charge in [-0.25, -0.2) is 4.79 Å². The first kappa shape index (κ1) is 23.1. The summed E-state index contributed by atoms with van der Waals surface area (Å²) in [4.78, 5) is 25.2. The molecule has 2 aromatic rings. The van der Waals surface area contributed by atoms with E-state index < -0.39 is 0 Å². The molecular weight excluding hydrogens is 406 g/mol. The number of fused-ring (bicyclic) bond motifs is 2. The Balaban J connectivity index is 1.71. The fourth-order valence-corrected chi connectivity index (χ4v) is 5.92. The Labute approximate surface area is 190 Å². The average molecular weight is 444 g/mol. The van der Waals surface area contributed by atoms with Gasteiger partial charge in [0.1, 0.15) is 0 Å². The Morgan fingerprint density at radius 2 is 1.94 bits per heavy atom. The van der Waals surface area contributed by atoms with Crippen molar-refractivity contribution in [2.24, 2.45) is 25.9 Å². The van der Waals surface area contributed by atoms with Crippen molar-refractivity contribution in [3.8, 4) is 0 Å². The quantitative estimate of drug-likeness (QED) is 0.769. The maximum Gasteiger partial charge on any atom is 0.328 e. The number of imidazole rings is 1. The maximum atomic E-state index is 12.7. The van der Waals surface area contributed by atoms with E-state index in [-0.39, 0.29) is 29.3 Å². The maximum absolute atomic E-state index is 12.7. The summed E-state index contributed by atoms with van der Waals surface area (Å²) in [5.74, 6) is 0.943. The predicted octanol–water partition coefficient (Wildman–Crippen LogP) is 3.36. The van der Waals surface area contributed by atoms with Crippen LogP contribution in [0.1, 0.15) is 63.2 Å². The van der Waals surface area contributed by atoms with Crippen LogP contribution in [0.4, 0.5) is 0 Å². The van der Waals surface area contributed by atoms with Gasteiger partial charge in [0, 0.05) is 45.5 Å². The third-order valence-corrected chi connectivity index (χ3v) is 7.79. The number of hydrogen-bond donors (Lipinski definition) is 1. The lowest BCUT2D eigenvalue weighted by Crippen LogP contribution is -2.60. The molecule has 1 N–H and O–H groups in total. The van der Waals surface area contributed by atoms with Gasteiger partial charge in [0.25, 0.3) is 0 Å². The second-order valence-electron chi connectivity index (χ2n) is 10.2. The van der Waals surface area contributed by atoms with Gasteiger partial charge in [0.2, 0.25) is 5.91 Å².